The van der Waals surface area contributed by atoms with Crippen LogP contribution < -0.4 is 5.34 Å². The zero-order chi connectivity index (χ0) is 6.28. The summed E-state index contributed by atoms with van der Waals surface area (Å²) >= 11 is 0. The van der Waals surface area contributed by atoms with Crippen LogP contribution >= 0.6 is 0 Å². The van der Waals surface area contributed by atoms with E-state index in [2.05, 4.69) is 0 Å². The van der Waals surface area contributed by atoms with E-state index in [0.717, 1.165) is 0 Å². The van der Waals surface area contributed by atoms with Crippen molar-refractivity contribution in [3.05, 3.63) is 10.1 Å². The van der Waals surface area contributed by atoms with Gasteiger partial charge >= 0.3 is 37.7 Å². The Morgan fingerprint density at radius 2 is 1.50 bits per heavy atom. The molecule has 8 heavy (non-hydrogen) atoms. The van der Waals surface area contributed by atoms with Crippen LogP contribution in [0.2, 0.25) is 0 Å². The first-order chi connectivity index (χ1) is 3.15. The molecular formula is H2CaNO5S+. The van der Waals surface area contributed by atoms with Gasteiger partial charge in [0.1, 0.15) is 0 Å². The van der Waals surface area contributed by atoms with Gasteiger partial charge in [-0.3, -0.25) is 10.1 Å². The van der Waals surface area contributed by atoms with Gasteiger partial charge in [0.2, 0.25) is 0 Å². The Hall–Kier alpha value is 0.570. The number of hydrogen-bond donors (Lipinski definition) is 2. The molecule has 8 heteroatoms. The van der Waals surface area contributed by atoms with Crippen LogP contribution in [0, 0.1) is 10.1 Å². The van der Waals surface area contributed by atoms with Crippen LogP contribution in [0.4, 0.5) is 0 Å². The van der Waals surface area contributed by atoms with Crippen molar-refractivity contribution in [3.8, 4) is 0 Å². The molecule has 0 fully saturated rings. The van der Waals surface area contributed by atoms with Crippen molar-refractivity contribution in [2.24, 2.45) is 0 Å². The van der Waals surface area contributed by atoms with Crippen molar-refractivity contribution in [1.82, 2.24) is 0 Å². The minimum Gasteiger partial charge on any atom is -0.439 e. The second-order valence-corrected chi connectivity index (χ2v) is 0.735. The average molecular weight is 168 g/mol. The number of nitrogens with one attached hydrogen (secondary N) is 1. The third-order valence-corrected chi connectivity index (χ3v) is 0. The van der Waals surface area contributed by atoms with Crippen LogP contribution in [-0.4, -0.2) is 42.3 Å². The van der Waals surface area contributed by atoms with E-state index in [1.165, 1.54) is 0 Å². The van der Waals surface area contributed by atoms with Crippen molar-refractivity contribution in [2.75, 3.05) is 0 Å². The summed E-state index contributed by atoms with van der Waals surface area (Å²) in [5, 5.41) is 8.38. The zero-order valence-electron chi connectivity index (χ0n) is 3.70. The van der Waals surface area contributed by atoms with Gasteiger partial charge in [0.25, 0.3) is 0 Å². The summed E-state index contributed by atoms with van der Waals surface area (Å²) < 4.78 is 24.1. The predicted molar refractivity (Wildman–Crippen MR) is 24.8 cm³/mol. The monoisotopic (exact) mass is 168 g/mol. The van der Waals surface area contributed by atoms with E-state index in [4.69, 9.17) is 23.1 Å². The Balaban J connectivity index is -0.0000000575. The molecule has 0 spiro atoms. The summed E-state index contributed by atoms with van der Waals surface area (Å²) in [5.74, 6) is 0. The fraction of sp³-hybridized carbons (Fsp3) is 0. The molecule has 0 saturated heterocycles. The largest absolute Gasteiger partial charge is 2.00 e. The zero-order valence-corrected chi connectivity index (χ0v) is 6.72. The van der Waals surface area contributed by atoms with Gasteiger partial charge in [-0.05, 0) is 0 Å². The molecule has 2 N–H and O–H groups in total. The molecule has 0 amide bonds. The van der Waals surface area contributed by atoms with Crippen molar-refractivity contribution in [1.29, 1.82) is 0 Å². The molecule has 0 aromatic heterocycles. The Labute approximate surface area is 76.6 Å². The first-order valence-electron chi connectivity index (χ1n) is 0.924. The smallest absolute Gasteiger partial charge is 0.439 e. The molecule has 6 nitrogen and oxygen atoms in total. The van der Waals surface area contributed by atoms with Crippen molar-refractivity contribution in [2.45, 2.75) is 0 Å². The van der Waals surface area contributed by atoms with E-state index in [0.29, 0.717) is 0 Å². The van der Waals surface area contributed by atoms with Gasteiger partial charge in [-0.25, -0.2) is 0 Å². The van der Waals surface area contributed by atoms with Crippen LogP contribution in [0.5, 0.6) is 0 Å². The summed E-state index contributed by atoms with van der Waals surface area (Å²) in [6.07, 6.45) is 0. The van der Waals surface area contributed by atoms with Gasteiger partial charge in [-0.15, -0.1) is 0 Å². The maximum absolute atomic E-state index is 8.56. The molecule has 0 atom stereocenters. The fourth-order valence-corrected chi connectivity index (χ4v) is 0. The molecule has 44 valence electrons. The van der Waals surface area contributed by atoms with E-state index < -0.39 is 11.0 Å². The van der Waals surface area contributed by atoms with E-state index in [1.54, 1.807) is 0 Å². The molecule has 0 bridgehead atoms. The van der Waals surface area contributed by atoms with Crippen molar-refractivity contribution in [3.63, 3.8) is 0 Å². The first kappa shape index (κ1) is 15.8. The topological polar surface area (TPSA) is 108 Å². The molecule has 0 rings (SSSR count). The van der Waals surface area contributed by atoms with E-state index >= 15 is 0 Å². The van der Waals surface area contributed by atoms with E-state index in [9.17, 15) is 0 Å². The van der Waals surface area contributed by atoms with Gasteiger partial charge < -0.3 is 13.0 Å². The molecule has 0 unspecified atom stereocenters. The molecule has 0 aliphatic heterocycles. The molecule has 0 aliphatic rings. The van der Waals surface area contributed by atoms with E-state index in [1.807, 2.05) is 0 Å². The molecule has 0 aromatic rings. The summed E-state index contributed by atoms with van der Waals surface area (Å²) in [6, 6.07) is 0. The quantitative estimate of drug-likeness (QED) is 0.106. The summed E-state index contributed by atoms with van der Waals surface area (Å²) in [7, 11) is -2.86. The van der Waals surface area contributed by atoms with Crippen molar-refractivity contribution >= 4 is 48.7 Å². The minimum absolute atomic E-state index is 0. The molecule has 0 aliphatic carbocycles. The van der Waals surface area contributed by atoms with Crippen molar-refractivity contribution < 1.29 is 18.3 Å². The van der Waals surface area contributed by atoms with E-state index in [-0.39, 0.29) is 43.1 Å². The second-order valence-electron chi connectivity index (χ2n) is 0.300. The molecular weight excluding hydrogens is 166 g/mol. The maximum atomic E-state index is 8.56. The van der Waals surface area contributed by atoms with Gasteiger partial charge in [-0.2, -0.15) is 0 Å². The maximum Gasteiger partial charge on any atom is 2.00 e. The van der Waals surface area contributed by atoms with Gasteiger partial charge in [0.15, 0.2) is 0 Å². The average Bonchev–Trinajstić information content (AvgIpc) is 1.33. The van der Waals surface area contributed by atoms with Crippen LogP contribution in [0.25, 0.3) is 0 Å². The predicted octanol–water partition coefficient (Wildman–Crippen LogP) is -2.28. The normalized spacial score (nSPS) is 5.75. The third kappa shape index (κ3) is 628. The first-order valence-corrected chi connectivity index (χ1v) is 1.96. The Morgan fingerprint density at radius 1 is 1.50 bits per heavy atom. The van der Waals surface area contributed by atoms with Gasteiger partial charge in [0, 0.05) is 16.3 Å². The molecule has 0 radical (unpaired) electrons. The number of rotatable bonds is 0. The number of hydrogen-bond acceptors (Lipinski definition) is 5. The Kier molecular flexibility index (Phi) is 31.0. The molecule has 0 saturated carbocycles. The Bertz CT molecular complexity index is 88.6. The van der Waals surface area contributed by atoms with Crippen LogP contribution in [-0.2, 0) is 19.4 Å². The molecule has 0 aromatic carbocycles. The standard InChI is InChI=1S/Ca.HNO2.HO3S/c;2-1-3;1-4(2)3/h;1H;(H,1,2,3)/q+2;;-1. The van der Waals surface area contributed by atoms with Gasteiger partial charge in [0.05, 0.1) is 0 Å². The van der Waals surface area contributed by atoms with Crippen LogP contribution in [0.15, 0.2) is 0 Å². The molecule has 0 heterocycles. The summed E-state index contributed by atoms with van der Waals surface area (Å²) in [5.41, 5.74) is 0. The third-order valence-electron chi connectivity index (χ3n) is 0. The summed E-state index contributed by atoms with van der Waals surface area (Å²) in [6.45, 7) is 0. The summed E-state index contributed by atoms with van der Waals surface area (Å²) in [4.78, 5) is 8.12. The van der Waals surface area contributed by atoms with Gasteiger partial charge in [-0.1, -0.05) is 0 Å². The SMILES string of the molecule is O=[NH+][O-].O=[S-](=O)O.[Ca+2]. The van der Waals surface area contributed by atoms with Crippen LogP contribution in [0.1, 0.15) is 0 Å². The second kappa shape index (κ2) is 15.6. The Morgan fingerprint density at radius 3 is 1.50 bits per heavy atom. The fourth-order valence-electron chi connectivity index (χ4n) is 0. The van der Waals surface area contributed by atoms with Crippen LogP contribution in [0.3, 0.4) is 0 Å². The minimum atomic E-state index is -2.86.